The Morgan fingerprint density at radius 1 is 0.613 bits per heavy atom. The number of nitrogens with zero attached hydrogens (tertiary/aromatic N) is 4. The molecule has 0 N–H and O–H groups in total. The number of fused-ring (bicyclic) bond motifs is 2. The van der Waals surface area contributed by atoms with Gasteiger partial charge in [-0.25, -0.2) is 9.97 Å². The summed E-state index contributed by atoms with van der Waals surface area (Å²) in [6.07, 6.45) is 2.64. The molecule has 2 atom stereocenters. The molecule has 2 aromatic carbocycles. The number of ether oxygens (including phenoxy) is 1. The van der Waals surface area contributed by atoms with Crippen molar-refractivity contribution in [2.45, 2.75) is 25.0 Å². The molecular formula is C26H26N4O. The van der Waals surface area contributed by atoms with Gasteiger partial charge in [0, 0.05) is 37.0 Å². The lowest BCUT2D eigenvalue weighted by Crippen LogP contribution is -2.29. The van der Waals surface area contributed by atoms with Crippen molar-refractivity contribution >= 4 is 33.4 Å². The van der Waals surface area contributed by atoms with E-state index in [4.69, 9.17) is 14.7 Å². The van der Waals surface area contributed by atoms with Gasteiger partial charge in [0.1, 0.15) is 11.6 Å². The van der Waals surface area contributed by atoms with Crippen molar-refractivity contribution in [2.24, 2.45) is 0 Å². The molecule has 0 spiro atoms. The fraction of sp³-hybridized carbons (Fsp3) is 0.308. The Labute approximate surface area is 182 Å². The third kappa shape index (κ3) is 3.70. The maximum atomic E-state index is 6.51. The molecule has 4 aromatic rings. The van der Waals surface area contributed by atoms with E-state index in [-0.39, 0.29) is 12.2 Å². The van der Waals surface area contributed by atoms with Gasteiger partial charge < -0.3 is 14.5 Å². The van der Waals surface area contributed by atoms with Crippen LogP contribution in [0, 0.1) is 0 Å². The van der Waals surface area contributed by atoms with Gasteiger partial charge >= 0.3 is 0 Å². The first-order valence-corrected chi connectivity index (χ1v) is 11.2. The Hall–Kier alpha value is -3.18. The molecule has 2 aliphatic heterocycles. The molecule has 0 bridgehead atoms. The van der Waals surface area contributed by atoms with E-state index in [2.05, 4.69) is 70.5 Å². The van der Waals surface area contributed by atoms with E-state index in [1.165, 1.54) is 10.8 Å². The highest BCUT2D eigenvalue weighted by molar-refractivity contribution is 5.81. The van der Waals surface area contributed by atoms with Crippen LogP contribution in [0.1, 0.15) is 12.8 Å². The normalized spacial score (nSPS) is 21.4. The van der Waals surface area contributed by atoms with Crippen molar-refractivity contribution in [2.75, 3.05) is 36.0 Å². The molecule has 156 valence electrons. The van der Waals surface area contributed by atoms with Crippen LogP contribution in [0.3, 0.4) is 0 Å². The van der Waals surface area contributed by atoms with Crippen molar-refractivity contribution in [3.63, 3.8) is 0 Å². The van der Waals surface area contributed by atoms with Crippen LogP contribution in [0.4, 0.5) is 11.6 Å². The van der Waals surface area contributed by atoms with E-state index in [1.807, 2.05) is 12.1 Å². The van der Waals surface area contributed by atoms with E-state index < -0.39 is 0 Å². The van der Waals surface area contributed by atoms with E-state index in [0.29, 0.717) is 0 Å². The van der Waals surface area contributed by atoms with E-state index in [0.717, 1.165) is 61.7 Å². The van der Waals surface area contributed by atoms with Crippen LogP contribution in [0.25, 0.3) is 21.8 Å². The molecule has 5 heteroatoms. The molecule has 2 saturated heterocycles. The average Bonchev–Trinajstić information content (AvgIpc) is 3.49. The maximum Gasteiger partial charge on any atom is 0.129 e. The van der Waals surface area contributed by atoms with Crippen LogP contribution < -0.4 is 9.80 Å². The Bertz CT molecular complexity index is 1130. The predicted octanol–water partition coefficient (Wildman–Crippen LogP) is 4.66. The Balaban J connectivity index is 1.09. The first kappa shape index (κ1) is 18.6. The van der Waals surface area contributed by atoms with Crippen molar-refractivity contribution in [3.8, 4) is 0 Å². The number of hydrogen-bond donors (Lipinski definition) is 0. The number of aromatic nitrogens is 2. The molecule has 5 nitrogen and oxygen atoms in total. The summed E-state index contributed by atoms with van der Waals surface area (Å²) in [5.74, 6) is 2.11. The molecule has 0 radical (unpaired) electrons. The molecular weight excluding hydrogens is 384 g/mol. The SMILES string of the molecule is c1ccc2nc(N3CCC(OC4CCN(c5ccc6ccccc6n5)C4)C3)ccc2c1. The van der Waals surface area contributed by atoms with E-state index in [9.17, 15) is 0 Å². The second-order valence-corrected chi connectivity index (χ2v) is 8.57. The van der Waals surface area contributed by atoms with Crippen LogP contribution in [0.2, 0.25) is 0 Å². The second kappa shape index (κ2) is 7.82. The third-order valence-corrected chi connectivity index (χ3v) is 6.49. The molecule has 6 rings (SSSR count). The molecule has 2 unspecified atom stereocenters. The molecule has 31 heavy (non-hydrogen) atoms. The number of rotatable bonds is 4. The fourth-order valence-electron chi connectivity index (χ4n) is 4.83. The van der Waals surface area contributed by atoms with Crippen LogP contribution in [0.15, 0.2) is 72.8 Å². The third-order valence-electron chi connectivity index (χ3n) is 6.49. The van der Waals surface area contributed by atoms with Gasteiger partial charge in [0.25, 0.3) is 0 Å². The summed E-state index contributed by atoms with van der Waals surface area (Å²) in [4.78, 5) is 14.4. The summed E-state index contributed by atoms with van der Waals surface area (Å²) in [6, 6.07) is 25.2. The first-order valence-electron chi connectivity index (χ1n) is 11.2. The standard InChI is InChI=1S/C26H26N4O/c1-3-7-23-19(5-1)9-11-25(27-23)29-15-13-21(17-29)31-22-14-16-30(18-22)26-12-10-20-6-2-4-8-24(20)28-26/h1-12,21-22H,13-18H2. The smallest absolute Gasteiger partial charge is 0.129 e. The molecule has 2 fully saturated rings. The van der Waals surface area contributed by atoms with Gasteiger partial charge in [0.15, 0.2) is 0 Å². The number of hydrogen-bond acceptors (Lipinski definition) is 5. The number of para-hydroxylation sites is 2. The maximum absolute atomic E-state index is 6.51. The fourth-order valence-corrected chi connectivity index (χ4v) is 4.83. The van der Waals surface area contributed by atoms with Gasteiger partial charge in [-0.15, -0.1) is 0 Å². The predicted molar refractivity (Wildman–Crippen MR) is 126 cm³/mol. The largest absolute Gasteiger partial charge is 0.371 e. The minimum atomic E-state index is 0.266. The van der Waals surface area contributed by atoms with Crippen LogP contribution >= 0.6 is 0 Å². The molecule has 0 aliphatic carbocycles. The summed E-state index contributed by atoms with van der Waals surface area (Å²) in [5, 5.41) is 2.37. The summed E-state index contributed by atoms with van der Waals surface area (Å²) in [5.41, 5.74) is 2.11. The van der Waals surface area contributed by atoms with Crippen molar-refractivity contribution in [1.82, 2.24) is 9.97 Å². The highest BCUT2D eigenvalue weighted by Crippen LogP contribution is 2.27. The zero-order valence-corrected chi connectivity index (χ0v) is 17.5. The highest BCUT2D eigenvalue weighted by atomic mass is 16.5. The lowest BCUT2D eigenvalue weighted by atomic mass is 10.2. The Kier molecular flexibility index (Phi) is 4.69. The van der Waals surface area contributed by atoms with Crippen LogP contribution in [0.5, 0.6) is 0 Å². The first-order chi connectivity index (χ1) is 15.3. The summed E-state index contributed by atoms with van der Waals surface area (Å²) >= 11 is 0. The van der Waals surface area contributed by atoms with Crippen LogP contribution in [-0.4, -0.2) is 48.4 Å². The summed E-state index contributed by atoms with van der Waals surface area (Å²) in [7, 11) is 0. The summed E-state index contributed by atoms with van der Waals surface area (Å²) < 4.78 is 6.51. The Morgan fingerprint density at radius 3 is 1.61 bits per heavy atom. The van der Waals surface area contributed by atoms with Gasteiger partial charge in [-0.05, 0) is 49.2 Å². The van der Waals surface area contributed by atoms with Crippen molar-refractivity contribution in [1.29, 1.82) is 0 Å². The lowest BCUT2D eigenvalue weighted by Gasteiger charge is -2.21. The average molecular weight is 411 g/mol. The quantitative estimate of drug-likeness (QED) is 0.490. The number of benzene rings is 2. The zero-order valence-electron chi connectivity index (χ0n) is 17.5. The van der Waals surface area contributed by atoms with E-state index >= 15 is 0 Å². The van der Waals surface area contributed by atoms with Gasteiger partial charge in [-0.1, -0.05) is 36.4 Å². The minimum absolute atomic E-state index is 0.266. The number of anilines is 2. The van der Waals surface area contributed by atoms with Gasteiger partial charge in [0.05, 0.1) is 23.2 Å². The van der Waals surface area contributed by atoms with Gasteiger partial charge in [-0.3, -0.25) is 0 Å². The van der Waals surface area contributed by atoms with Crippen molar-refractivity contribution in [3.05, 3.63) is 72.8 Å². The van der Waals surface area contributed by atoms with Gasteiger partial charge in [0.2, 0.25) is 0 Å². The second-order valence-electron chi connectivity index (χ2n) is 8.57. The van der Waals surface area contributed by atoms with E-state index in [1.54, 1.807) is 0 Å². The highest BCUT2D eigenvalue weighted by Gasteiger charge is 2.30. The Morgan fingerprint density at radius 2 is 1.10 bits per heavy atom. The molecule has 2 aliphatic rings. The molecule has 0 saturated carbocycles. The number of pyridine rings is 2. The minimum Gasteiger partial charge on any atom is -0.371 e. The lowest BCUT2D eigenvalue weighted by molar-refractivity contribution is 0.0125. The molecule has 4 heterocycles. The van der Waals surface area contributed by atoms with Gasteiger partial charge in [-0.2, -0.15) is 0 Å². The zero-order chi connectivity index (χ0) is 20.6. The molecule has 2 aromatic heterocycles. The summed E-state index contributed by atoms with van der Waals surface area (Å²) in [6.45, 7) is 3.82. The topological polar surface area (TPSA) is 41.5 Å². The monoisotopic (exact) mass is 410 g/mol. The van der Waals surface area contributed by atoms with Crippen LogP contribution in [-0.2, 0) is 4.74 Å². The molecule has 0 amide bonds. The van der Waals surface area contributed by atoms with Crippen molar-refractivity contribution < 1.29 is 4.74 Å².